The summed E-state index contributed by atoms with van der Waals surface area (Å²) in [5.74, 6) is 0.0171. The molecule has 27 heavy (non-hydrogen) atoms. The molecular formula is C23H24N2O2. The summed E-state index contributed by atoms with van der Waals surface area (Å²) >= 11 is 0. The number of carbonyl (C=O) groups is 2. The molecule has 0 unspecified atom stereocenters. The molecule has 0 amide bonds. The molecule has 4 nitrogen and oxygen atoms in total. The molecule has 2 aromatic carbocycles. The first-order valence-corrected chi connectivity index (χ1v) is 9.11. The second kappa shape index (κ2) is 8.12. The van der Waals surface area contributed by atoms with Gasteiger partial charge < -0.3 is 10.1 Å². The fourth-order valence-electron chi connectivity index (χ4n) is 3.35. The highest BCUT2D eigenvalue weighted by Gasteiger charge is 2.26. The van der Waals surface area contributed by atoms with Gasteiger partial charge in [-0.3, -0.25) is 9.79 Å². The van der Waals surface area contributed by atoms with Crippen molar-refractivity contribution in [2.24, 2.45) is 10.4 Å². The standard InChI is InChI=1S/C23H24N2O2/c1-23(2)15-20(24-12-13-26)14-21(16-23)25-19-10-8-18(9-11-19)22(27)17-6-4-3-5-7-17/h3-11,13-14,25H,12,15-16H2,1-2H3. The SMILES string of the molecule is CC1(C)CC(Nc2ccc(C(=O)c3ccccc3)cc2)=CC(=NCC=O)C1. The monoisotopic (exact) mass is 360 g/mol. The highest BCUT2D eigenvalue weighted by atomic mass is 16.1. The van der Waals surface area contributed by atoms with E-state index in [4.69, 9.17) is 0 Å². The van der Waals surface area contributed by atoms with Gasteiger partial charge in [0, 0.05) is 28.2 Å². The van der Waals surface area contributed by atoms with Crippen molar-refractivity contribution in [1.82, 2.24) is 0 Å². The van der Waals surface area contributed by atoms with Crippen molar-refractivity contribution in [3.05, 3.63) is 77.5 Å². The Morgan fingerprint density at radius 2 is 1.70 bits per heavy atom. The molecule has 0 bridgehead atoms. The summed E-state index contributed by atoms with van der Waals surface area (Å²) in [6, 6.07) is 16.8. The lowest BCUT2D eigenvalue weighted by Crippen LogP contribution is -2.25. The number of carbonyl (C=O) groups excluding carboxylic acids is 2. The number of hydrogen-bond acceptors (Lipinski definition) is 4. The Kier molecular flexibility index (Phi) is 5.65. The number of ketones is 1. The fraction of sp³-hybridized carbons (Fsp3) is 0.261. The first-order chi connectivity index (χ1) is 13.0. The van der Waals surface area contributed by atoms with Crippen LogP contribution in [0.4, 0.5) is 5.69 Å². The molecule has 0 saturated heterocycles. The number of rotatable bonds is 6. The Labute approximate surface area is 160 Å². The van der Waals surface area contributed by atoms with Crippen LogP contribution in [0.5, 0.6) is 0 Å². The van der Waals surface area contributed by atoms with Gasteiger partial charge >= 0.3 is 0 Å². The third kappa shape index (κ3) is 5.00. The molecule has 0 heterocycles. The van der Waals surface area contributed by atoms with Gasteiger partial charge in [-0.05, 0) is 48.6 Å². The van der Waals surface area contributed by atoms with Crippen LogP contribution in [0.25, 0.3) is 0 Å². The first-order valence-electron chi connectivity index (χ1n) is 9.11. The van der Waals surface area contributed by atoms with Crippen LogP contribution in [0.2, 0.25) is 0 Å². The Morgan fingerprint density at radius 3 is 2.37 bits per heavy atom. The van der Waals surface area contributed by atoms with E-state index < -0.39 is 0 Å². The Hall–Kier alpha value is -3.01. The van der Waals surface area contributed by atoms with E-state index in [1.54, 1.807) is 0 Å². The van der Waals surface area contributed by atoms with Crippen LogP contribution in [0.1, 0.15) is 42.6 Å². The molecule has 3 rings (SSSR count). The molecule has 0 fully saturated rings. The van der Waals surface area contributed by atoms with Crippen molar-refractivity contribution >= 4 is 23.5 Å². The average Bonchev–Trinajstić information content (AvgIpc) is 2.66. The number of hydrogen-bond donors (Lipinski definition) is 1. The number of allylic oxidation sites excluding steroid dienone is 2. The second-order valence-corrected chi connectivity index (χ2v) is 7.58. The van der Waals surface area contributed by atoms with Crippen molar-refractivity contribution in [3.63, 3.8) is 0 Å². The number of nitrogens with zero attached hydrogens (tertiary/aromatic N) is 1. The molecule has 0 aromatic heterocycles. The van der Waals surface area contributed by atoms with Crippen molar-refractivity contribution in [2.45, 2.75) is 26.7 Å². The van der Waals surface area contributed by atoms with E-state index >= 15 is 0 Å². The summed E-state index contributed by atoms with van der Waals surface area (Å²) < 4.78 is 0. The van der Waals surface area contributed by atoms with E-state index in [1.165, 1.54) is 0 Å². The van der Waals surface area contributed by atoms with E-state index in [9.17, 15) is 9.59 Å². The van der Waals surface area contributed by atoms with Crippen LogP contribution >= 0.6 is 0 Å². The summed E-state index contributed by atoms with van der Waals surface area (Å²) in [5.41, 5.74) is 4.37. The lowest BCUT2D eigenvalue weighted by atomic mass is 9.78. The van der Waals surface area contributed by atoms with Gasteiger partial charge in [0.05, 0.1) is 6.54 Å². The van der Waals surface area contributed by atoms with Crippen LogP contribution in [0.3, 0.4) is 0 Å². The number of aliphatic imine (C=N–C) groups is 1. The maximum Gasteiger partial charge on any atom is 0.193 e. The van der Waals surface area contributed by atoms with Gasteiger partial charge in [-0.1, -0.05) is 44.2 Å². The number of nitrogens with one attached hydrogen (secondary N) is 1. The van der Waals surface area contributed by atoms with Gasteiger partial charge in [-0.2, -0.15) is 0 Å². The van der Waals surface area contributed by atoms with Gasteiger partial charge in [0.1, 0.15) is 6.29 Å². The fourth-order valence-corrected chi connectivity index (χ4v) is 3.35. The molecule has 0 spiro atoms. The topological polar surface area (TPSA) is 58.5 Å². The van der Waals surface area contributed by atoms with E-state index in [2.05, 4.69) is 24.2 Å². The van der Waals surface area contributed by atoms with Crippen LogP contribution in [0.15, 0.2) is 71.4 Å². The number of benzene rings is 2. The van der Waals surface area contributed by atoms with Crippen LogP contribution < -0.4 is 5.32 Å². The Bertz CT molecular complexity index is 878. The molecule has 2 aromatic rings. The van der Waals surface area contributed by atoms with Gasteiger partial charge in [0.2, 0.25) is 0 Å². The van der Waals surface area contributed by atoms with Gasteiger partial charge in [-0.15, -0.1) is 0 Å². The largest absolute Gasteiger partial charge is 0.359 e. The molecule has 0 aliphatic heterocycles. The van der Waals surface area contributed by atoms with E-state index in [1.807, 2.05) is 60.7 Å². The van der Waals surface area contributed by atoms with Crippen molar-refractivity contribution in [2.75, 3.05) is 11.9 Å². The van der Waals surface area contributed by atoms with Crippen LogP contribution in [-0.4, -0.2) is 24.3 Å². The predicted octanol–water partition coefficient (Wildman–Crippen LogP) is 4.67. The summed E-state index contributed by atoms with van der Waals surface area (Å²) in [6.07, 6.45) is 4.60. The smallest absolute Gasteiger partial charge is 0.193 e. The highest BCUT2D eigenvalue weighted by molar-refractivity contribution is 6.09. The molecule has 0 atom stereocenters. The van der Waals surface area contributed by atoms with E-state index in [0.717, 1.165) is 36.2 Å². The summed E-state index contributed by atoms with van der Waals surface area (Å²) in [6.45, 7) is 4.59. The lowest BCUT2D eigenvalue weighted by molar-refractivity contribution is -0.106. The highest BCUT2D eigenvalue weighted by Crippen LogP contribution is 2.34. The predicted molar refractivity (Wildman–Crippen MR) is 109 cm³/mol. The Morgan fingerprint density at radius 1 is 1.04 bits per heavy atom. The molecular weight excluding hydrogens is 336 g/mol. The molecule has 0 saturated carbocycles. The number of anilines is 1. The summed E-state index contributed by atoms with van der Waals surface area (Å²) in [4.78, 5) is 27.4. The third-order valence-corrected chi connectivity index (χ3v) is 4.53. The lowest BCUT2D eigenvalue weighted by Gasteiger charge is -2.31. The zero-order valence-electron chi connectivity index (χ0n) is 15.7. The minimum absolute atomic E-state index is 0.0171. The maximum atomic E-state index is 12.5. The van der Waals surface area contributed by atoms with Crippen LogP contribution in [0, 0.1) is 5.41 Å². The number of aldehydes is 1. The van der Waals surface area contributed by atoms with Crippen LogP contribution in [-0.2, 0) is 4.79 Å². The molecule has 1 N–H and O–H groups in total. The molecule has 4 heteroatoms. The third-order valence-electron chi connectivity index (χ3n) is 4.53. The van der Waals surface area contributed by atoms with E-state index in [0.29, 0.717) is 11.1 Å². The van der Waals surface area contributed by atoms with Crippen molar-refractivity contribution in [1.29, 1.82) is 0 Å². The van der Waals surface area contributed by atoms with Crippen molar-refractivity contribution < 1.29 is 9.59 Å². The minimum Gasteiger partial charge on any atom is -0.359 e. The van der Waals surface area contributed by atoms with E-state index in [-0.39, 0.29) is 17.7 Å². The van der Waals surface area contributed by atoms with Gasteiger partial charge in [0.15, 0.2) is 5.78 Å². The minimum atomic E-state index is 0.0171. The zero-order chi connectivity index (χ0) is 19.3. The summed E-state index contributed by atoms with van der Waals surface area (Å²) in [5, 5.41) is 3.43. The van der Waals surface area contributed by atoms with Crippen molar-refractivity contribution in [3.8, 4) is 0 Å². The second-order valence-electron chi connectivity index (χ2n) is 7.58. The zero-order valence-corrected chi connectivity index (χ0v) is 15.7. The molecule has 138 valence electrons. The molecule has 1 aliphatic carbocycles. The quantitative estimate of drug-likeness (QED) is 0.601. The average molecular weight is 360 g/mol. The summed E-state index contributed by atoms with van der Waals surface area (Å²) in [7, 11) is 0. The Balaban J connectivity index is 1.75. The maximum absolute atomic E-state index is 12.5. The first kappa shape index (κ1) is 18.8. The molecule has 0 radical (unpaired) electrons. The van der Waals surface area contributed by atoms with Gasteiger partial charge in [-0.25, -0.2) is 0 Å². The molecule has 1 aliphatic rings. The normalized spacial score (nSPS) is 17.3. The van der Waals surface area contributed by atoms with Gasteiger partial charge in [0.25, 0.3) is 0 Å².